The van der Waals surface area contributed by atoms with Crippen molar-refractivity contribution in [2.24, 2.45) is 7.05 Å². The van der Waals surface area contributed by atoms with E-state index in [-0.39, 0.29) is 64.9 Å². The molecule has 1 saturated heterocycles. The van der Waals surface area contributed by atoms with E-state index in [4.69, 9.17) is 11.6 Å². The maximum atomic E-state index is 16.3. The summed E-state index contributed by atoms with van der Waals surface area (Å²) < 4.78 is 47.7. The van der Waals surface area contributed by atoms with Gasteiger partial charge in [0.25, 0.3) is 11.8 Å². The predicted molar refractivity (Wildman–Crippen MR) is 140 cm³/mol. The Hall–Kier alpha value is -3.64. The quantitative estimate of drug-likeness (QED) is 0.484. The van der Waals surface area contributed by atoms with Gasteiger partial charge >= 0.3 is 0 Å². The van der Waals surface area contributed by atoms with E-state index < -0.39 is 34.4 Å². The lowest BCUT2D eigenvalue weighted by Crippen LogP contribution is -2.64. The molecule has 0 spiro atoms. The Bertz CT molecular complexity index is 1550. The number of carbonyl (C=O) groups excluding carboxylic acids is 2. The summed E-state index contributed by atoms with van der Waals surface area (Å²) in [5.74, 6) is -3.95. The van der Waals surface area contributed by atoms with E-state index in [1.54, 1.807) is 6.92 Å². The van der Waals surface area contributed by atoms with Crippen molar-refractivity contribution in [3.05, 3.63) is 69.8 Å². The average Bonchev–Trinajstić information content (AvgIpc) is 3.21. The second kappa shape index (κ2) is 9.20. The fraction of sp³-hybridized carbons (Fsp3) is 0.407. The number of aryl methyl sites for hydroxylation is 1. The molecule has 13 heteroatoms. The van der Waals surface area contributed by atoms with Crippen LogP contribution >= 0.6 is 11.6 Å². The Morgan fingerprint density at radius 1 is 1.20 bits per heavy atom. The minimum absolute atomic E-state index is 0.0142. The van der Waals surface area contributed by atoms with Gasteiger partial charge in [-0.1, -0.05) is 23.7 Å². The molecule has 4 heterocycles. The van der Waals surface area contributed by atoms with Gasteiger partial charge in [0.05, 0.1) is 22.8 Å². The van der Waals surface area contributed by atoms with Crippen LogP contribution < -0.4 is 10.2 Å². The molecule has 210 valence electrons. The summed E-state index contributed by atoms with van der Waals surface area (Å²) in [6, 6.07) is 3.97. The van der Waals surface area contributed by atoms with Crippen molar-refractivity contribution in [2.75, 3.05) is 29.9 Å². The minimum Gasteiger partial charge on any atom is -0.380 e. The summed E-state index contributed by atoms with van der Waals surface area (Å²) in [4.78, 5) is 32.8. The molecule has 2 aromatic heterocycles. The standard InChI is InChI=1S/C27H26ClF3N6O3/c1-26(16-5-3-6-17(28)20(16)30)13-37(23-18(29)12-35(2)34-23)24(38)15-9-32-22(21(31)19(15)26)33-14-10-36(11-14)25(39)27(40)7-4-8-27/h3,5-6,9,12,14,40H,4,7-8,10-11,13H2,1-2H3,(H,32,33)/t26-/m1/s1. The topological polar surface area (TPSA) is 104 Å². The number of aromatic nitrogens is 3. The normalized spacial score (nSPS) is 22.0. The van der Waals surface area contributed by atoms with Gasteiger partial charge < -0.3 is 15.3 Å². The number of hydrogen-bond acceptors (Lipinski definition) is 6. The summed E-state index contributed by atoms with van der Waals surface area (Å²) in [5, 5.41) is 17.2. The number of rotatable bonds is 5. The second-order valence-electron chi connectivity index (χ2n) is 10.9. The molecule has 9 nitrogen and oxygen atoms in total. The Balaban J connectivity index is 1.38. The zero-order valence-corrected chi connectivity index (χ0v) is 22.5. The van der Waals surface area contributed by atoms with Crippen LogP contribution in [0.1, 0.15) is 47.7 Å². The van der Waals surface area contributed by atoms with Gasteiger partial charge in [0.2, 0.25) is 0 Å². The van der Waals surface area contributed by atoms with Crippen LogP contribution in [0.15, 0.2) is 30.6 Å². The van der Waals surface area contributed by atoms with E-state index >= 15 is 8.78 Å². The Morgan fingerprint density at radius 2 is 1.93 bits per heavy atom. The van der Waals surface area contributed by atoms with Gasteiger partial charge in [-0.2, -0.15) is 5.10 Å². The summed E-state index contributed by atoms with van der Waals surface area (Å²) in [5.41, 5.74) is -3.10. The number of amides is 2. The molecule has 6 rings (SSSR count). The first-order chi connectivity index (χ1) is 18.9. The molecular weight excluding hydrogens is 549 g/mol. The molecule has 2 aliphatic heterocycles. The van der Waals surface area contributed by atoms with Crippen molar-refractivity contribution < 1.29 is 27.9 Å². The number of pyridine rings is 1. The second-order valence-corrected chi connectivity index (χ2v) is 11.4. The third-order valence-electron chi connectivity index (χ3n) is 8.18. The van der Waals surface area contributed by atoms with Crippen LogP contribution in [0, 0.1) is 17.5 Å². The maximum Gasteiger partial charge on any atom is 0.261 e. The van der Waals surface area contributed by atoms with Crippen LogP contribution in [-0.2, 0) is 17.3 Å². The minimum atomic E-state index is -1.51. The van der Waals surface area contributed by atoms with Gasteiger partial charge in [0.15, 0.2) is 23.3 Å². The lowest BCUT2D eigenvalue weighted by molar-refractivity contribution is -0.164. The van der Waals surface area contributed by atoms with Crippen molar-refractivity contribution in [1.82, 2.24) is 19.7 Å². The van der Waals surface area contributed by atoms with E-state index in [0.717, 1.165) is 17.5 Å². The van der Waals surface area contributed by atoms with Crippen LogP contribution in [0.2, 0.25) is 5.02 Å². The molecule has 1 atom stereocenters. The highest BCUT2D eigenvalue weighted by molar-refractivity contribution is 6.30. The lowest BCUT2D eigenvalue weighted by Gasteiger charge is -2.46. The van der Waals surface area contributed by atoms with Crippen molar-refractivity contribution in [3.8, 4) is 0 Å². The number of anilines is 2. The van der Waals surface area contributed by atoms with Gasteiger partial charge in [-0.3, -0.25) is 19.2 Å². The van der Waals surface area contributed by atoms with Crippen LogP contribution in [0.3, 0.4) is 0 Å². The summed E-state index contributed by atoms with van der Waals surface area (Å²) in [7, 11) is 1.49. The van der Waals surface area contributed by atoms with Crippen molar-refractivity contribution in [1.29, 1.82) is 0 Å². The van der Waals surface area contributed by atoms with Crippen molar-refractivity contribution >= 4 is 35.1 Å². The first-order valence-electron chi connectivity index (χ1n) is 12.9. The number of likely N-dealkylation sites (tertiary alicyclic amines) is 1. The molecule has 0 unspecified atom stereocenters. The highest BCUT2D eigenvalue weighted by atomic mass is 35.5. The van der Waals surface area contributed by atoms with E-state index in [9.17, 15) is 19.1 Å². The largest absolute Gasteiger partial charge is 0.380 e. The Kier molecular flexibility index (Phi) is 6.11. The Morgan fingerprint density at radius 3 is 2.55 bits per heavy atom. The molecule has 0 radical (unpaired) electrons. The van der Waals surface area contributed by atoms with Crippen LogP contribution in [0.25, 0.3) is 0 Å². The first kappa shape index (κ1) is 26.6. The van der Waals surface area contributed by atoms with E-state index in [2.05, 4.69) is 15.4 Å². The smallest absolute Gasteiger partial charge is 0.261 e. The molecule has 2 fully saturated rings. The SMILES string of the molecule is Cn1cc(F)c(N2C[C@](C)(c3cccc(Cl)c3F)c3c(cnc(NC4CN(C(=O)C5(O)CCC5)C4)c3F)C2=O)n1. The van der Waals surface area contributed by atoms with Crippen LogP contribution in [0.5, 0.6) is 0 Å². The van der Waals surface area contributed by atoms with Gasteiger partial charge in [-0.25, -0.2) is 18.2 Å². The van der Waals surface area contributed by atoms with E-state index in [0.29, 0.717) is 12.8 Å². The molecule has 1 saturated carbocycles. The number of halogens is 4. The first-order valence-corrected chi connectivity index (χ1v) is 13.2. The molecule has 3 aliphatic rings. The summed E-state index contributed by atoms with van der Waals surface area (Å²) >= 11 is 6.09. The molecule has 40 heavy (non-hydrogen) atoms. The number of hydrogen-bond donors (Lipinski definition) is 2. The van der Waals surface area contributed by atoms with Gasteiger partial charge in [-0.15, -0.1) is 0 Å². The highest BCUT2D eigenvalue weighted by Crippen LogP contribution is 2.45. The highest BCUT2D eigenvalue weighted by Gasteiger charge is 2.49. The summed E-state index contributed by atoms with van der Waals surface area (Å²) in [6.45, 7) is 1.71. The zero-order valence-electron chi connectivity index (χ0n) is 21.7. The number of benzene rings is 1. The summed E-state index contributed by atoms with van der Waals surface area (Å²) in [6.07, 6.45) is 3.91. The van der Waals surface area contributed by atoms with Gasteiger partial charge in [0, 0.05) is 49.4 Å². The number of carbonyl (C=O) groups is 2. The fourth-order valence-corrected chi connectivity index (χ4v) is 5.98. The Labute approximate surface area is 232 Å². The average molecular weight is 575 g/mol. The third-order valence-corrected chi connectivity index (χ3v) is 8.47. The zero-order chi connectivity index (χ0) is 28.6. The van der Waals surface area contributed by atoms with Crippen molar-refractivity contribution in [2.45, 2.75) is 43.2 Å². The molecule has 0 bridgehead atoms. The molecule has 3 aromatic rings. The maximum absolute atomic E-state index is 16.3. The molecule has 1 aliphatic carbocycles. The molecule has 2 N–H and O–H groups in total. The molecular formula is C27H26ClF3N6O3. The van der Waals surface area contributed by atoms with E-state index in [1.165, 1.54) is 41.0 Å². The number of nitrogens with one attached hydrogen (secondary N) is 1. The third kappa shape index (κ3) is 3.95. The lowest BCUT2D eigenvalue weighted by atomic mass is 9.71. The van der Waals surface area contributed by atoms with Gasteiger partial charge in [-0.05, 0) is 32.3 Å². The number of aliphatic hydroxyl groups is 1. The fourth-order valence-electron chi connectivity index (χ4n) is 5.80. The monoisotopic (exact) mass is 574 g/mol. The molecule has 2 amide bonds. The predicted octanol–water partition coefficient (Wildman–Crippen LogP) is 3.39. The van der Waals surface area contributed by atoms with Crippen LogP contribution in [0.4, 0.5) is 24.8 Å². The number of fused-ring (bicyclic) bond motifs is 1. The number of nitrogens with zero attached hydrogens (tertiary/aromatic N) is 5. The van der Waals surface area contributed by atoms with Gasteiger partial charge in [0.1, 0.15) is 11.4 Å². The van der Waals surface area contributed by atoms with E-state index in [1.807, 2.05) is 0 Å². The molecule has 1 aromatic carbocycles. The van der Waals surface area contributed by atoms with Crippen LogP contribution in [-0.4, -0.2) is 67.9 Å². The van der Waals surface area contributed by atoms with Crippen molar-refractivity contribution in [3.63, 3.8) is 0 Å².